The normalized spacial score (nSPS) is 14.0. The van der Waals surface area contributed by atoms with Crippen LogP contribution < -0.4 is 10.1 Å². The number of benzene rings is 3. The Hall–Kier alpha value is -4.36. The molecule has 1 saturated heterocycles. The Balaban J connectivity index is 1.07. The van der Waals surface area contributed by atoms with Gasteiger partial charge in [0.05, 0.1) is 47.2 Å². The van der Waals surface area contributed by atoms with E-state index in [0.717, 1.165) is 36.3 Å². The summed E-state index contributed by atoms with van der Waals surface area (Å²) in [6, 6.07) is 23.2. The van der Waals surface area contributed by atoms with Gasteiger partial charge < -0.3 is 35.5 Å². The molecule has 244 valence electrons. The minimum absolute atomic E-state index is 0.156. The van der Waals surface area contributed by atoms with Gasteiger partial charge in [0.25, 0.3) is 0 Å². The van der Waals surface area contributed by atoms with Gasteiger partial charge in [-0.3, -0.25) is 4.90 Å². The van der Waals surface area contributed by atoms with Crippen molar-refractivity contribution in [2.45, 2.75) is 19.0 Å². The summed E-state index contributed by atoms with van der Waals surface area (Å²) in [5.41, 5.74) is 5.54. The van der Waals surface area contributed by atoms with E-state index >= 15 is 0 Å². The lowest BCUT2D eigenvalue weighted by Crippen LogP contribution is -2.59. The summed E-state index contributed by atoms with van der Waals surface area (Å²) in [6.45, 7) is 4.05. The minimum Gasteiger partial charge on any atom is -0.478 e. The molecule has 0 spiro atoms. The van der Waals surface area contributed by atoms with Gasteiger partial charge in [0.1, 0.15) is 5.75 Å². The van der Waals surface area contributed by atoms with Crippen LogP contribution in [-0.4, -0.2) is 91.2 Å². The summed E-state index contributed by atoms with van der Waals surface area (Å²) in [7, 11) is 0. The third kappa shape index (κ3) is 7.15. The van der Waals surface area contributed by atoms with Crippen molar-refractivity contribution in [2.24, 2.45) is 5.92 Å². The summed E-state index contributed by atoms with van der Waals surface area (Å²) >= 11 is 6.63. The molecule has 0 atom stereocenters. The topological polar surface area (TPSA) is 164 Å². The lowest BCUT2D eigenvalue weighted by atomic mass is 9.96. The van der Waals surface area contributed by atoms with E-state index < -0.39 is 11.5 Å². The minimum atomic E-state index is -1.04. The number of carboxylic acid groups (broad SMARTS) is 1. The summed E-state index contributed by atoms with van der Waals surface area (Å²) < 4.78 is 5.79. The first-order chi connectivity index (χ1) is 22.7. The second kappa shape index (κ2) is 13.8. The molecule has 3 heterocycles. The van der Waals surface area contributed by atoms with E-state index in [4.69, 9.17) is 16.3 Å². The molecule has 47 heavy (non-hydrogen) atoms. The average Bonchev–Trinajstić information content (AvgIpc) is 3.45. The number of nitrogens with one attached hydrogen (secondary N) is 2. The van der Waals surface area contributed by atoms with Crippen LogP contribution in [0.4, 0.5) is 0 Å². The number of aliphatic hydroxyl groups excluding tert-OH is 3. The number of ether oxygens (including phenoxy) is 1. The third-order valence-corrected chi connectivity index (χ3v) is 8.91. The molecular weight excluding hydrogens is 622 g/mol. The van der Waals surface area contributed by atoms with Gasteiger partial charge in [0.2, 0.25) is 0 Å². The number of aromatic carboxylic acids is 1. The van der Waals surface area contributed by atoms with Crippen LogP contribution in [0.2, 0.25) is 5.02 Å². The van der Waals surface area contributed by atoms with Gasteiger partial charge in [-0.15, -0.1) is 0 Å². The Morgan fingerprint density at radius 1 is 0.957 bits per heavy atom. The highest BCUT2D eigenvalue weighted by Gasteiger charge is 2.32. The first kappa shape index (κ1) is 32.6. The van der Waals surface area contributed by atoms with Gasteiger partial charge in [0.15, 0.2) is 5.65 Å². The fourth-order valence-electron chi connectivity index (χ4n) is 5.65. The van der Waals surface area contributed by atoms with E-state index in [1.807, 2.05) is 24.3 Å². The second-order valence-electron chi connectivity index (χ2n) is 12.1. The van der Waals surface area contributed by atoms with Crippen LogP contribution in [-0.2, 0) is 6.54 Å². The van der Waals surface area contributed by atoms with E-state index in [-0.39, 0.29) is 31.4 Å². The Morgan fingerprint density at radius 3 is 2.23 bits per heavy atom. The summed E-state index contributed by atoms with van der Waals surface area (Å²) in [6.07, 6.45) is 0. The number of carboxylic acids is 1. The first-order valence-corrected chi connectivity index (χ1v) is 15.6. The van der Waals surface area contributed by atoms with Crippen molar-refractivity contribution in [1.82, 2.24) is 25.2 Å². The number of nitrogens with zero attached hydrogens (tertiary/aromatic N) is 3. The zero-order chi connectivity index (χ0) is 33.1. The molecule has 12 heteroatoms. The Kier molecular flexibility index (Phi) is 9.55. The Morgan fingerprint density at radius 2 is 1.60 bits per heavy atom. The molecule has 11 nitrogen and oxygen atoms in total. The van der Waals surface area contributed by atoms with E-state index in [1.165, 1.54) is 11.6 Å². The maximum atomic E-state index is 11.5. The van der Waals surface area contributed by atoms with Crippen molar-refractivity contribution in [1.29, 1.82) is 0 Å². The van der Waals surface area contributed by atoms with Crippen molar-refractivity contribution in [3.63, 3.8) is 0 Å². The number of fused-ring (bicyclic) bond motifs is 1. The largest absolute Gasteiger partial charge is 0.478 e. The van der Waals surface area contributed by atoms with Crippen molar-refractivity contribution in [2.75, 3.05) is 39.5 Å². The number of pyridine rings is 1. The molecule has 2 aromatic heterocycles. The third-order valence-electron chi connectivity index (χ3n) is 8.62. The zero-order valence-electron chi connectivity index (χ0n) is 25.8. The molecule has 1 aliphatic heterocycles. The highest BCUT2D eigenvalue weighted by atomic mass is 35.5. The molecule has 5 aromatic rings. The fraction of sp³-hybridized carbons (Fsp3) is 0.286. The summed E-state index contributed by atoms with van der Waals surface area (Å²) in [5.74, 6) is -0.289. The average molecular weight is 658 g/mol. The summed E-state index contributed by atoms with van der Waals surface area (Å²) in [5, 5.41) is 41.4. The summed E-state index contributed by atoms with van der Waals surface area (Å²) in [4.78, 5) is 26.0. The van der Waals surface area contributed by atoms with Crippen LogP contribution >= 0.6 is 11.6 Å². The van der Waals surface area contributed by atoms with Crippen LogP contribution in [0, 0.1) is 12.8 Å². The van der Waals surface area contributed by atoms with Crippen LogP contribution in [0.25, 0.3) is 33.5 Å². The maximum Gasteiger partial charge on any atom is 0.336 e. The number of aromatic amines is 1. The fourth-order valence-corrected chi connectivity index (χ4v) is 5.91. The van der Waals surface area contributed by atoms with Crippen LogP contribution in [0.15, 0.2) is 72.8 Å². The molecule has 0 bridgehead atoms. The highest BCUT2D eigenvalue weighted by Crippen LogP contribution is 2.32. The number of aryl methyl sites for hydroxylation is 1. The van der Waals surface area contributed by atoms with Gasteiger partial charge in [-0.1, -0.05) is 66.2 Å². The van der Waals surface area contributed by atoms with Gasteiger partial charge in [-0.25, -0.2) is 9.78 Å². The van der Waals surface area contributed by atoms with Crippen molar-refractivity contribution >= 4 is 28.7 Å². The molecule has 1 aliphatic rings. The number of hydrogen-bond donors (Lipinski definition) is 6. The molecule has 6 rings (SSSR count). The number of H-pyrrole nitrogens is 1. The van der Waals surface area contributed by atoms with Gasteiger partial charge in [0, 0.05) is 31.7 Å². The van der Waals surface area contributed by atoms with Crippen molar-refractivity contribution < 1.29 is 30.0 Å². The maximum absolute atomic E-state index is 11.5. The highest BCUT2D eigenvalue weighted by molar-refractivity contribution is 6.33. The number of hydrogen-bond acceptors (Lipinski definition) is 9. The quantitative estimate of drug-likeness (QED) is 0.106. The predicted octanol–water partition coefficient (Wildman–Crippen LogP) is 4.48. The van der Waals surface area contributed by atoms with Crippen LogP contribution in [0.3, 0.4) is 0 Å². The standard InChI is InChI=1S/C35H36ClN5O6/c1-21-2-11-27(12-28(21)33(45)46)47-34-38-30-13-29(36)31(39-32(30)40-34)26-9-7-25(8-10-26)24-5-3-22(4-6-24)15-41-16-23(17-41)14-37-35(18-42,19-43)20-44/h2-13,23,37,42-44H,14-20H2,1H3,(H,45,46)(H,38,39,40). The smallest absolute Gasteiger partial charge is 0.336 e. The lowest BCUT2D eigenvalue weighted by Gasteiger charge is -2.41. The molecule has 0 aliphatic carbocycles. The second-order valence-corrected chi connectivity index (χ2v) is 12.5. The molecule has 0 amide bonds. The van der Waals surface area contributed by atoms with E-state index in [1.54, 1.807) is 25.1 Å². The molecule has 0 unspecified atom stereocenters. The van der Waals surface area contributed by atoms with Crippen molar-refractivity contribution in [3.8, 4) is 34.1 Å². The predicted molar refractivity (Wildman–Crippen MR) is 179 cm³/mol. The monoisotopic (exact) mass is 657 g/mol. The Bertz CT molecular complexity index is 1860. The molecular formula is C35H36ClN5O6. The number of rotatable bonds is 13. The number of aliphatic hydroxyl groups is 3. The molecule has 0 saturated carbocycles. The number of carbonyl (C=O) groups is 1. The van der Waals surface area contributed by atoms with Crippen LogP contribution in [0.1, 0.15) is 21.5 Å². The van der Waals surface area contributed by atoms with E-state index in [2.05, 4.69) is 49.4 Å². The number of aromatic nitrogens is 3. The molecule has 1 fully saturated rings. The molecule has 3 aromatic carbocycles. The number of halogens is 1. The zero-order valence-corrected chi connectivity index (χ0v) is 26.5. The van der Waals surface area contributed by atoms with Gasteiger partial charge in [-0.2, -0.15) is 4.98 Å². The van der Waals surface area contributed by atoms with Gasteiger partial charge >= 0.3 is 12.0 Å². The molecule has 0 radical (unpaired) electrons. The SMILES string of the molecule is Cc1ccc(Oc2nc3nc(-c4ccc(-c5ccc(CN6CC(CNC(CO)(CO)CO)C6)cc5)cc4)c(Cl)cc3[nH]2)cc1C(=O)O. The number of likely N-dealkylation sites (tertiary alicyclic amines) is 1. The van der Waals surface area contributed by atoms with Crippen molar-refractivity contribution in [3.05, 3.63) is 94.5 Å². The lowest BCUT2D eigenvalue weighted by molar-refractivity contribution is 0.0251. The van der Waals surface area contributed by atoms with E-state index in [9.17, 15) is 25.2 Å². The van der Waals surface area contributed by atoms with Crippen LogP contribution in [0.5, 0.6) is 11.8 Å². The van der Waals surface area contributed by atoms with Gasteiger partial charge in [-0.05, 0) is 53.3 Å². The van der Waals surface area contributed by atoms with E-state index in [0.29, 0.717) is 45.7 Å². The first-order valence-electron chi connectivity index (χ1n) is 15.3. The molecule has 6 N–H and O–H groups in total. The number of imidazole rings is 1. The Labute approximate surface area is 276 Å².